The first-order valence-corrected chi connectivity index (χ1v) is 11.4. The number of aromatic amines is 1. The van der Waals surface area contributed by atoms with Crippen LogP contribution < -0.4 is 4.90 Å². The van der Waals surface area contributed by atoms with Gasteiger partial charge in [0.05, 0.1) is 31.6 Å². The van der Waals surface area contributed by atoms with E-state index < -0.39 is 11.3 Å². The summed E-state index contributed by atoms with van der Waals surface area (Å²) in [7, 11) is 3.78. The average Bonchev–Trinajstić information content (AvgIpc) is 3.40. The number of fused-ring (bicyclic) bond motifs is 2. The van der Waals surface area contributed by atoms with E-state index in [0.29, 0.717) is 37.1 Å². The fourth-order valence-corrected chi connectivity index (χ4v) is 5.30. The van der Waals surface area contributed by atoms with Gasteiger partial charge in [0, 0.05) is 32.0 Å². The molecule has 5 rings (SSSR count). The van der Waals surface area contributed by atoms with Gasteiger partial charge in [0.25, 0.3) is 0 Å². The van der Waals surface area contributed by atoms with Crippen LogP contribution >= 0.6 is 0 Å². The number of aromatic nitrogens is 3. The van der Waals surface area contributed by atoms with Gasteiger partial charge in [-0.25, -0.2) is 18.7 Å². The molecule has 2 aromatic heterocycles. The van der Waals surface area contributed by atoms with Gasteiger partial charge in [-0.2, -0.15) is 0 Å². The first kappa shape index (κ1) is 22.2. The molecule has 0 radical (unpaired) electrons. The molecule has 10 heteroatoms. The Morgan fingerprint density at radius 3 is 2.58 bits per heavy atom. The Morgan fingerprint density at radius 1 is 1.21 bits per heavy atom. The highest BCUT2D eigenvalue weighted by Gasteiger charge is 2.66. The zero-order valence-corrected chi connectivity index (χ0v) is 19.1. The van der Waals surface area contributed by atoms with Gasteiger partial charge in [-0.15, -0.1) is 0 Å². The van der Waals surface area contributed by atoms with Crippen LogP contribution in [0.25, 0.3) is 11.0 Å². The average molecular weight is 461 g/mol. The summed E-state index contributed by atoms with van der Waals surface area (Å²) in [5, 5.41) is 0.830. The summed E-state index contributed by atoms with van der Waals surface area (Å²) < 4.78 is 37.4. The third-order valence-electron chi connectivity index (χ3n) is 7.05. The summed E-state index contributed by atoms with van der Waals surface area (Å²) in [6.07, 6.45) is 8.25. The maximum Gasteiger partial charge on any atom is 0.246 e. The molecule has 0 aliphatic carbocycles. The lowest BCUT2D eigenvalue weighted by atomic mass is 9.92. The van der Waals surface area contributed by atoms with Crippen molar-refractivity contribution in [3.8, 4) is 0 Å². The number of ether oxygens (including phenoxy) is 1. The summed E-state index contributed by atoms with van der Waals surface area (Å²) in [4.78, 5) is 29.4. The van der Waals surface area contributed by atoms with E-state index in [-0.39, 0.29) is 32.1 Å². The lowest BCUT2D eigenvalue weighted by molar-refractivity contribution is -0.125. The number of halogens is 2. The summed E-state index contributed by atoms with van der Waals surface area (Å²) in [5.41, 5.74) is -2.55. The molecule has 3 fully saturated rings. The largest absolute Gasteiger partial charge is 0.381 e. The van der Waals surface area contributed by atoms with Crippen molar-refractivity contribution in [3.05, 3.63) is 30.2 Å². The molecule has 0 aromatic carbocycles. The summed E-state index contributed by atoms with van der Waals surface area (Å²) in [5.74, 6) is 0.485. The van der Waals surface area contributed by atoms with Crippen molar-refractivity contribution in [3.63, 3.8) is 0 Å². The molecule has 178 valence electrons. The molecule has 0 unspecified atom stereocenters. The van der Waals surface area contributed by atoms with Crippen molar-refractivity contribution in [2.24, 2.45) is 0 Å². The Hall–Kier alpha value is -2.59. The van der Waals surface area contributed by atoms with Crippen molar-refractivity contribution in [1.82, 2.24) is 24.8 Å². The lowest BCUT2D eigenvalue weighted by Gasteiger charge is -2.25. The molecule has 2 aromatic rings. The molecular weight excluding hydrogens is 430 g/mol. The van der Waals surface area contributed by atoms with E-state index in [1.165, 1.54) is 17.3 Å². The van der Waals surface area contributed by atoms with Crippen molar-refractivity contribution < 1.29 is 18.3 Å². The molecule has 3 aliphatic heterocycles. The van der Waals surface area contributed by atoms with Crippen LogP contribution in [0.3, 0.4) is 0 Å². The van der Waals surface area contributed by atoms with Gasteiger partial charge in [0.1, 0.15) is 17.8 Å². The highest BCUT2D eigenvalue weighted by Crippen LogP contribution is 2.47. The quantitative estimate of drug-likeness (QED) is 0.689. The number of rotatable bonds is 5. The minimum absolute atomic E-state index is 0.154. The summed E-state index contributed by atoms with van der Waals surface area (Å²) in [6, 6.07) is 0. The van der Waals surface area contributed by atoms with Gasteiger partial charge in [-0.3, -0.25) is 4.79 Å². The van der Waals surface area contributed by atoms with Gasteiger partial charge in [-0.1, -0.05) is 6.08 Å². The maximum atomic E-state index is 15.9. The molecule has 0 spiro atoms. The van der Waals surface area contributed by atoms with E-state index >= 15 is 8.78 Å². The number of hydrogen-bond donors (Lipinski definition) is 1. The highest BCUT2D eigenvalue weighted by molar-refractivity contribution is 5.92. The number of likely N-dealkylation sites (tertiary alicyclic amines) is 1. The molecule has 33 heavy (non-hydrogen) atoms. The van der Waals surface area contributed by atoms with Crippen molar-refractivity contribution >= 4 is 22.8 Å². The van der Waals surface area contributed by atoms with E-state index in [1.807, 2.05) is 25.2 Å². The van der Waals surface area contributed by atoms with Crippen LogP contribution in [-0.2, 0) is 9.53 Å². The fraction of sp³-hybridized carbons (Fsp3) is 0.609. The second kappa shape index (κ2) is 8.32. The minimum Gasteiger partial charge on any atom is -0.381 e. The molecule has 8 nitrogen and oxygen atoms in total. The van der Waals surface area contributed by atoms with Crippen LogP contribution in [-0.4, -0.2) is 102 Å². The first-order valence-electron chi connectivity index (χ1n) is 11.4. The Bertz CT molecular complexity index is 1050. The Balaban J connectivity index is 1.38. The van der Waals surface area contributed by atoms with E-state index in [0.717, 1.165) is 23.8 Å². The van der Waals surface area contributed by atoms with E-state index in [9.17, 15) is 4.79 Å². The molecule has 0 saturated carbocycles. The second-order valence-corrected chi connectivity index (χ2v) is 9.70. The molecule has 1 amide bonds. The maximum absolute atomic E-state index is 15.9. The molecule has 1 N–H and O–H groups in total. The molecule has 3 saturated heterocycles. The second-order valence-electron chi connectivity index (χ2n) is 9.70. The van der Waals surface area contributed by atoms with Crippen molar-refractivity contribution in [2.75, 3.05) is 64.9 Å². The van der Waals surface area contributed by atoms with Gasteiger partial charge < -0.3 is 24.4 Å². The zero-order valence-electron chi connectivity index (χ0n) is 19.1. The fourth-order valence-electron chi connectivity index (χ4n) is 5.30. The number of nitrogens with one attached hydrogen (secondary N) is 1. The zero-order chi connectivity index (χ0) is 23.2. The predicted molar refractivity (Wildman–Crippen MR) is 121 cm³/mol. The third-order valence-corrected chi connectivity index (χ3v) is 7.05. The first-order chi connectivity index (χ1) is 15.8. The molecule has 5 heterocycles. The van der Waals surface area contributed by atoms with Crippen LogP contribution in [0.5, 0.6) is 0 Å². The van der Waals surface area contributed by atoms with Crippen LogP contribution in [0.1, 0.15) is 24.3 Å². The number of hydrogen-bond acceptors (Lipinski definition) is 6. The molecule has 3 aliphatic rings. The number of likely N-dealkylation sites (N-methyl/N-ethyl adjacent to an activating group) is 1. The number of carbonyl (C=O) groups excluding carboxylic acids is 1. The van der Waals surface area contributed by atoms with Crippen molar-refractivity contribution in [2.45, 2.75) is 30.1 Å². The van der Waals surface area contributed by atoms with Gasteiger partial charge in [0.2, 0.25) is 5.91 Å². The normalized spacial score (nSPS) is 28.5. The molecule has 0 bridgehead atoms. The Morgan fingerprint density at radius 2 is 1.91 bits per heavy atom. The van der Waals surface area contributed by atoms with E-state index in [2.05, 4.69) is 15.0 Å². The number of nitrogens with zero attached hydrogens (tertiary/aromatic N) is 5. The summed E-state index contributed by atoms with van der Waals surface area (Å²) >= 11 is 0. The van der Waals surface area contributed by atoms with Gasteiger partial charge in [0.15, 0.2) is 11.3 Å². The van der Waals surface area contributed by atoms with E-state index in [4.69, 9.17) is 4.74 Å². The molecule has 2 atom stereocenters. The van der Waals surface area contributed by atoms with E-state index in [1.54, 1.807) is 11.0 Å². The number of carbonyl (C=O) groups is 1. The predicted octanol–water partition coefficient (Wildman–Crippen LogP) is 2.05. The third kappa shape index (κ3) is 3.89. The van der Waals surface area contributed by atoms with Gasteiger partial charge >= 0.3 is 0 Å². The van der Waals surface area contributed by atoms with Crippen LogP contribution in [0.4, 0.5) is 14.6 Å². The highest BCUT2D eigenvalue weighted by atomic mass is 19.2. The Labute approximate surface area is 191 Å². The SMILES string of the molecule is CN(C)C/C=C/C(=O)N1C[C@@]2(F)CN(c3ncnc4[nH]cc(C5CCOCC5)c34)C[C@@]2(F)C1. The number of amides is 1. The van der Waals surface area contributed by atoms with Crippen LogP contribution in [0.2, 0.25) is 0 Å². The monoisotopic (exact) mass is 460 g/mol. The number of alkyl halides is 2. The minimum atomic E-state index is -2.15. The molecular formula is C23H30F2N6O2. The standard InChI is InChI=1S/C23H30F2N6O2/c1-29(2)7-3-4-18(32)30-11-22(24)13-31(14-23(22,25)12-30)21-19-17(16-5-8-33-9-6-16)10-26-20(19)27-15-28-21/h3-4,10,15-16H,5-9,11-14H2,1-2H3,(H,26,27,28)/b4-3+/t22-,23+. The summed E-state index contributed by atoms with van der Waals surface area (Å²) in [6.45, 7) is 1.14. The van der Waals surface area contributed by atoms with Crippen LogP contribution in [0, 0.1) is 0 Å². The number of anilines is 1. The Kier molecular flexibility index (Phi) is 5.60. The van der Waals surface area contributed by atoms with Gasteiger partial charge in [-0.05, 0) is 38.4 Å². The number of H-pyrrole nitrogens is 1. The lowest BCUT2D eigenvalue weighted by Crippen LogP contribution is -2.44. The topological polar surface area (TPSA) is 77.6 Å². The van der Waals surface area contributed by atoms with Crippen LogP contribution in [0.15, 0.2) is 24.7 Å². The van der Waals surface area contributed by atoms with Crippen molar-refractivity contribution in [1.29, 1.82) is 0 Å². The smallest absolute Gasteiger partial charge is 0.246 e.